The molecule has 1 fully saturated rings. The number of aromatic nitrogens is 1. The van der Waals surface area contributed by atoms with Crippen LogP contribution in [0.4, 0.5) is 4.39 Å². The van der Waals surface area contributed by atoms with Crippen molar-refractivity contribution < 1.29 is 9.18 Å². The van der Waals surface area contributed by atoms with Crippen LogP contribution in [-0.2, 0) is 4.79 Å². The Balaban J connectivity index is 1.98. The molecule has 0 N–H and O–H groups in total. The molecule has 0 radical (unpaired) electrons. The van der Waals surface area contributed by atoms with E-state index >= 15 is 0 Å². The van der Waals surface area contributed by atoms with Crippen molar-refractivity contribution in [1.82, 2.24) is 9.88 Å². The molecular weight excluding hydrogens is 279 g/mol. The van der Waals surface area contributed by atoms with Crippen molar-refractivity contribution in [2.24, 2.45) is 11.8 Å². The molecule has 2 aromatic rings. The Labute approximate surface area is 129 Å². The fourth-order valence-electron chi connectivity index (χ4n) is 2.86. The van der Waals surface area contributed by atoms with Gasteiger partial charge in [-0.25, -0.2) is 4.39 Å². The highest BCUT2D eigenvalue weighted by atomic mass is 19.1. The molecule has 0 saturated heterocycles. The molecular formula is C18H19FN2O. The molecule has 1 saturated carbocycles. The van der Waals surface area contributed by atoms with Crippen LogP contribution >= 0.6 is 0 Å². The summed E-state index contributed by atoms with van der Waals surface area (Å²) in [5.41, 5.74) is 1.49. The van der Waals surface area contributed by atoms with Crippen LogP contribution in [0.15, 0.2) is 48.7 Å². The summed E-state index contributed by atoms with van der Waals surface area (Å²) in [6, 6.07) is 11.6. The zero-order chi connectivity index (χ0) is 15.7. The summed E-state index contributed by atoms with van der Waals surface area (Å²) >= 11 is 0. The van der Waals surface area contributed by atoms with Crippen molar-refractivity contribution in [2.45, 2.75) is 19.4 Å². The van der Waals surface area contributed by atoms with Gasteiger partial charge in [-0.2, -0.15) is 0 Å². The number of carbonyl (C=O) groups is 1. The summed E-state index contributed by atoms with van der Waals surface area (Å²) < 4.78 is 13.6. The third-order valence-electron chi connectivity index (χ3n) is 4.29. The second-order valence-electron chi connectivity index (χ2n) is 5.98. The second kappa shape index (κ2) is 5.87. The first-order valence-electron chi connectivity index (χ1n) is 7.51. The van der Waals surface area contributed by atoms with Crippen LogP contribution in [-0.4, -0.2) is 22.8 Å². The first-order chi connectivity index (χ1) is 10.6. The molecule has 0 spiro atoms. The minimum atomic E-state index is -0.364. The first-order valence-corrected chi connectivity index (χ1v) is 7.51. The highest BCUT2D eigenvalue weighted by Crippen LogP contribution is 2.41. The summed E-state index contributed by atoms with van der Waals surface area (Å²) in [5.74, 6) is 0.322. The number of carbonyl (C=O) groups excluding carboxylic acids is 1. The number of halogens is 1. The lowest BCUT2D eigenvalue weighted by atomic mass is 10.0. The van der Waals surface area contributed by atoms with Crippen LogP contribution in [0.3, 0.4) is 0 Å². The largest absolute Gasteiger partial charge is 0.333 e. The average Bonchev–Trinajstić information content (AvgIpc) is 3.25. The second-order valence-corrected chi connectivity index (χ2v) is 5.98. The minimum absolute atomic E-state index is 0.0878. The summed E-state index contributed by atoms with van der Waals surface area (Å²) in [7, 11) is 1.78. The van der Waals surface area contributed by atoms with Crippen LogP contribution in [0, 0.1) is 17.7 Å². The van der Waals surface area contributed by atoms with Gasteiger partial charge in [0, 0.05) is 19.2 Å². The summed E-state index contributed by atoms with van der Waals surface area (Å²) in [6.07, 6.45) is 2.63. The lowest BCUT2D eigenvalue weighted by molar-refractivity contribution is -0.133. The highest BCUT2D eigenvalue weighted by molar-refractivity contribution is 5.82. The Morgan fingerprint density at radius 1 is 1.32 bits per heavy atom. The van der Waals surface area contributed by atoms with E-state index in [0.717, 1.165) is 17.7 Å². The molecule has 1 aromatic heterocycles. The number of nitrogens with zero attached hydrogens (tertiary/aromatic N) is 2. The third-order valence-corrected chi connectivity index (χ3v) is 4.29. The molecule has 1 aliphatic carbocycles. The van der Waals surface area contributed by atoms with Gasteiger partial charge in [-0.05, 0) is 42.2 Å². The van der Waals surface area contributed by atoms with E-state index in [1.165, 1.54) is 12.1 Å². The van der Waals surface area contributed by atoms with Crippen molar-refractivity contribution in [3.63, 3.8) is 0 Å². The molecule has 114 valence electrons. The van der Waals surface area contributed by atoms with Gasteiger partial charge in [-0.1, -0.05) is 25.1 Å². The predicted octanol–water partition coefficient (Wildman–Crippen LogP) is 3.42. The topological polar surface area (TPSA) is 33.2 Å². The van der Waals surface area contributed by atoms with E-state index in [9.17, 15) is 9.18 Å². The molecule has 1 aromatic carbocycles. The van der Waals surface area contributed by atoms with Gasteiger partial charge in [-0.3, -0.25) is 9.78 Å². The lowest BCUT2D eigenvalue weighted by Crippen LogP contribution is -2.34. The Morgan fingerprint density at radius 3 is 2.68 bits per heavy atom. The van der Waals surface area contributed by atoms with Gasteiger partial charge in [0.05, 0.1) is 11.7 Å². The Kier molecular flexibility index (Phi) is 3.92. The normalized spacial score (nSPS) is 21.2. The molecule has 3 nitrogen and oxygen atoms in total. The number of pyridine rings is 1. The molecule has 3 atom stereocenters. The van der Waals surface area contributed by atoms with Gasteiger partial charge in [0.25, 0.3) is 0 Å². The standard InChI is InChI=1S/C18H19FN2O/c1-12-10-15(12)18(22)21(2)17(16-8-3-4-9-20-16)13-6-5-7-14(19)11-13/h3-9,11-12,15,17H,10H2,1-2H3/t12-,15-,17-/m1/s1. The zero-order valence-corrected chi connectivity index (χ0v) is 12.7. The number of rotatable bonds is 4. The number of hydrogen-bond donors (Lipinski definition) is 0. The number of amides is 1. The molecule has 22 heavy (non-hydrogen) atoms. The highest BCUT2D eigenvalue weighted by Gasteiger charge is 2.42. The van der Waals surface area contributed by atoms with Gasteiger partial charge < -0.3 is 4.90 Å². The van der Waals surface area contributed by atoms with E-state index < -0.39 is 0 Å². The fourth-order valence-corrected chi connectivity index (χ4v) is 2.86. The monoisotopic (exact) mass is 298 g/mol. The Bertz CT molecular complexity index is 674. The van der Waals surface area contributed by atoms with Crippen LogP contribution in [0.25, 0.3) is 0 Å². The molecule has 0 aliphatic heterocycles. The quantitative estimate of drug-likeness (QED) is 0.866. The molecule has 3 rings (SSSR count). The smallest absolute Gasteiger partial charge is 0.226 e. The van der Waals surface area contributed by atoms with Crippen molar-refractivity contribution in [3.8, 4) is 0 Å². The molecule has 0 bridgehead atoms. The minimum Gasteiger partial charge on any atom is -0.333 e. The fraction of sp³-hybridized carbons (Fsp3) is 0.333. The van der Waals surface area contributed by atoms with Crippen molar-refractivity contribution >= 4 is 5.91 Å². The van der Waals surface area contributed by atoms with Crippen LogP contribution in [0.2, 0.25) is 0 Å². The number of hydrogen-bond acceptors (Lipinski definition) is 2. The Morgan fingerprint density at radius 2 is 2.09 bits per heavy atom. The maximum absolute atomic E-state index is 13.6. The van der Waals surface area contributed by atoms with Crippen LogP contribution in [0.1, 0.15) is 30.6 Å². The maximum Gasteiger partial charge on any atom is 0.226 e. The molecule has 1 amide bonds. The van der Waals surface area contributed by atoms with E-state index in [4.69, 9.17) is 0 Å². The molecule has 1 aliphatic rings. The van der Waals surface area contributed by atoms with E-state index in [-0.39, 0.29) is 23.7 Å². The van der Waals surface area contributed by atoms with Gasteiger partial charge in [-0.15, -0.1) is 0 Å². The van der Waals surface area contributed by atoms with Crippen molar-refractivity contribution in [1.29, 1.82) is 0 Å². The van der Waals surface area contributed by atoms with Crippen molar-refractivity contribution in [3.05, 3.63) is 65.7 Å². The Hall–Kier alpha value is -2.23. The van der Waals surface area contributed by atoms with Gasteiger partial charge in [0.15, 0.2) is 0 Å². The number of benzene rings is 1. The zero-order valence-electron chi connectivity index (χ0n) is 12.7. The molecule has 0 unspecified atom stereocenters. The summed E-state index contributed by atoms with van der Waals surface area (Å²) in [4.78, 5) is 18.7. The van der Waals surface area contributed by atoms with E-state index in [2.05, 4.69) is 11.9 Å². The molecule has 1 heterocycles. The SMILES string of the molecule is C[C@@H]1C[C@H]1C(=O)N(C)[C@H](c1cccc(F)c1)c1ccccn1. The van der Waals surface area contributed by atoms with Gasteiger partial charge in [0.2, 0.25) is 5.91 Å². The van der Waals surface area contributed by atoms with Crippen LogP contribution in [0.5, 0.6) is 0 Å². The van der Waals surface area contributed by atoms with Crippen molar-refractivity contribution in [2.75, 3.05) is 7.05 Å². The maximum atomic E-state index is 13.6. The summed E-state index contributed by atoms with van der Waals surface area (Å²) in [5, 5.41) is 0. The van der Waals surface area contributed by atoms with E-state index in [1.54, 1.807) is 24.2 Å². The van der Waals surface area contributed by atoms with E-state index in [0.29, 0.717) is 5.92 Å². The first kappa shape index (κ1) is 14.7. The average molecular weight is 298 g/mol. The third kappa shape index (κ3) is 2.86. The van der Waals surface area contributed by atoms with Gasteiger partial charge in [0.1, 0.15) is 5.82 Å². The molecule has 4 heteroatoms. The lowest BCUT2D eigenvalue weighted by Gasteiger charge is -2.28. The van der Waals surface area contributed by atoms with E-state index in [1.807, 2.05) is 24.3 Å². The van der Waals surface area contributed by atoms with Gasteiger partial charge >= 0.3 is 0 Å². The summed E-state index contributed by atoms with van der Waals surface area (Å²) in [6.45, 7) is 2.08. The van der Waals surface area contributed by atoms with Crippen LogP contribution < -0.4 is 0 Å². The predicted molar refractivity (Wildman–Crippen MR) is 82.5 cm³/mol.